The van der Waals surface area contributed by atoms with Crippen molar-refractivity contribution in [1.29, 1.82) is 0 Å². The van der Waals surface area contributed by atoms with Crippen LogP contribution in [-0.4, -0.2) is 29.0 Å². The van der Waals surface area contributed by atoms with Gasteiger partial charge in [0.1, 0.15) is 5.75 Å². The highest BCUT2D eigenvalue weighted by molar-refractivity contribution is 5.80. The second kappa shape index (κ2) is 7.99. The van der Waals surface area contributed by atoms with E-state index in [1.165, 1.54) is 7.11 Å². The zero-order valence-corrected chi connectivity index (χ0v) is 17.7. The van der Waals surface area contributed by atoms with Crippen LogP contribution in [0.25, 0.3) is 10.9 Å². The van der Waals surface area contributed by atoms with Crippen molar-refractivity contribution >= 4 is 10.9 Å². The zero-order valence-electron chi connectivity index (χ0n) is 17.7. The molecule has 0 amide bonds. The van der Waals surface area contributed by atoms with E-state index >= 15 is 0 Å². The molecule has 1 heterocycles. The molecule has 0 saturated heterocycles. The Bertz CT molecular complexity index is 990. The lowest BCUT2D eigenvalue weighted by Gasteiger charge is -2.38. The first kappa shape index (κ1) is 22.2. The number of fused-ring (bicyclic) bond motifs is 1. The Morgan fingerprint density at radius 2 is 1.73 bits per heavy atom. The van der Waals surface area contributed by atoms with E-state index in [2.05, 4.69) is 4.98 Å². The van der Waals surface area contributed by atoms with Gasteiger partial charge in [-0.2, -0.15) is 13.2 Å². The van der Waals surface area contributed by atoms with E-state index in [1.54, 1.807) is 32.0 Å². The van der Waals surface area contributed by atoms with Crippen LogP contribution in [0, 0.1) is 0 Å². The molecule has 1 atom stereocenters. The molecular formula is C24H28F3NO2. The number of hydrogen-bond donors (Lipinski definition) is 2. The molecule has 3 nitrogen and oxygen atoms in total. The number of para-hydroxylation sites is 2. The molecule has 0 aliphatic rings. The van der Waals surface area contributed by atoms with Crippen molar-refractivity contribution < 1.29 is 23.0 Å². The monoisotopic (exact) mass is 419 g/mol. The molecule has 1 aromatic heterocycles. The van der Waals surface area contributed by atoms with E-state index in [0.29, 0.717) is 23.4 Å². The number of benzene rings is 2. The largest absolute Gasteiger partial charge is 0.496 e. The Morgan fingerprint density at radius 1 is 1.03 bits per heavy atom. The number of H-pyrrole nitrogens is 1. The van der Waals surface area contributed by atoms with E-state index in [0.717, 1.165) is 16.5 Å². The first-order valence-electron chi connectivity index (χ1n) is 10.0. The summed E-state index contributed by atoms with van der Waals surface area (Å²) in [4.78, 5) is 3.00. The average Bonchev–Trinajstić information content (AvgIpc) is 3.07. The normalized spacial score (nSPS) is 14.7. The van der Waals surface area contributed by atoms with Crippen LogP contribution in [0.1, 0.15) is 44.0 Å². The molecule has 3 rings (SSSR count). The van der Waals surface area contributed by atoms with Crippen LogP contribution < -0.4 is 4.74 Å². The third-order valence-corrected chi connectivity index (χ3v) is 5.74. The minimum atomic E-state index is -4.79. The van der Waals surface area contributed by atoms with Gasteiger partial charge in [0.15, 0.2) is 5.60 Å². The minimum Gasteiger partial charge on any atom is -0.496 e. The van der Waals surface area contributed by atoms with Crippen LogP contribution in [0.3, 0.4) is 0 Å². The summed E-state index contributed by atoms with van der Waals surface area (Å²) in [6.45, 7) is 5.40. The Kier molecular flexibility index (Phi) is 5.92. The van der Waals surface area contributed by atoms with Gasteiger partial charge in [-0.25, -0.2) is 0 Å². The van der Waals surface area contributed by atoms with Gasteiger partial charge in [-0.15, -0.1) is 0 Å². The fourth-order valence-corrected chi connectivity index (χ4v) is 4.27. The first-order valence-corrected chi connectivity index (χ1v) is 10.0. The number of alkyl halides is 3. The van der Waals surface area contributed by atoms with Crippen molar-refractivity contribution in [3.05, 3.63) is 65.4 Å². The molecule has 2 N–H and O–H groups in total. The minimum absolute atomic E-state index is 0.348. The number of aromatic amines is 1. The summed E-state index contributed by atoms with van der Waals surface area (Å²) in [5.41, 5.74) is -1.20. The van der Waals surface area contributed by atoms with E-state index in [9.17, 15) is 18.3 Å². The van der Waals surface area contributed by atoms with Crippen molar-refractivity contribution in [2.45, 2.75) is 57.2 Å². The third kappa shape index (κ3) is 4.19. The quantitative estimate of drug-likeness (QED) is 0.498. The van der Waals surface area contributed by atoms with Gasteiger partial charge >= 0.3 is 6.18 Å². The Labute approximate surface area is 174 Å². The van der Waals surface area contributed by atoms with E-state index in [-0.39, 0.29) is 0 Å². The van der Waals surface area contributed by atoms with Gasteiger partial charge in [-0.1, -0.05) is 57.2 Å². The number of halogens is 3. The van der Waals surface area contributed by atoms with E-state index in [1.807, 2.05) is 37.3 Å². The van der Waals surface area contributed by atoms with Crippen LogP contribution in [-0.2, 0) is 18.3 Å². The second-order valence-corrected chi connectivity index (χ2v) is 8.50. The van der Waals surface area contributed by atoms with Gasteiger partial charge in [-0.05, 0) is 41.3 Å². The third-order valence-electron chi connectivity index (χ3n) is 5.74. The number of aryl methyl sites for hydroxylation is 1. The molecule has 0 aliphatic heterocycles. The second-order valence-electron chi connectivity index (χ2n) is 8.50. The van der Waals surface area contributed by atoms with E-state index < -0.39 is 30.0 Å². The standard InChI is InChI=1S/C24H28F3NO2/c1-5-16-10-8-11-19(21(16)30-4)22(2,3)15-23(29,24(25,26)27)14-18-13-17-9-6-7-12-20(17)28-18/h6-13,28-29H,5,14-15H2,1-4H3. The summed E-state index contributed by atoms with van der Waals surface area (Å²) >= 11 is 0. The summed E-state index contributed by atoms with van der Waals surface area (Å²) < 4.78 is 47.9. The molecule has 162 valence electrons. The maximum atomic E-state index is 14.1. The average molecular weight is 419 g/mol. The molecule has 2 aromatic carbocycles. The Balaban J connectivity index is 2.00. The number of ether oxygens (including phenoxy) is 1. The molecular weight excluding hydrogens is 391 g/mol. The summed E-state index contributed by atoms with van der Waals surface area (Å²) in [7, 11) is 1.52. The predicted octanol–water partition coefficient (Wildman–Crippen LogP) is 5.94. The number of rotatable bonds is 7. The van der Waals surface area contributed by atoms with Gasteiger partial charge in [0.05, 0.1) is 7.11 Å². The Hall–Kier alpha value is -2.47. The fourth-order valence-electron chi connectivity index (χ4n) is 4.27. The summed E-state index contributed by atoms with van der Waals surface area (Å²) in [5.74, 6) is 0.583. The van der Waals surface area contributed by atoms with Crippen molar-refractivity contribution in [2.75, 3.05) is 7.11 Å². The molecule has 0 saturated carbocycles. The fraction of sp³-hybridized carbons (Fsp3) is 0.417. The topological polar surface area (TPSA) is 45.2 Å². The van der Waals surface area contributed by atoms with Gasteiger partial charge in [0.2, 0.25) is 0 Å². The first-order chi connectivity index (χ1) is 14.0. The van der Waals surface area contributed by atoms with Gasteiger partial charge in [0.25, 0.3) is 0 Å². The predicted molar refractivity (Wildman–Crippen MR) is 113 cm³/mol. The summed E-state index contributed by atoms with van der Waals surface area (Å²) in [6, 6.07) is 14.4. The highest BCUT2D eigenvalue weighted by atomic mass is 19.4. The van der Waals surface area contributed by atoms with Gasteiger partial charge in [0, 0.05) is 23.2 Å². The maximum Gasteiger partial charge on any atom is 0.417 e. The summed E-state index contributed by atoms with van der Waals surface area (Å²) in [6.07, 6.45) is -5.14. The van der Waals surface area contributed by atoms with Crippen LogP contribution in [0.2, 0.25) is 0 Å². The molecule has 0 bridgehead atoms. The lowest BCUT2D eigenvalue weighted by atomic mass is 9.72. The highest BCUT2D eigenvalue weighted by Crippen LogP contribution is 2.45. The lowest BCUT2D eigenvalue weighted by Crippen LogP contribution is -2.51. The smallest absolute Gasteiger partial charge is 0.417 e. The molecule has 0 fully saturated rings. The molecule has 0 spiro atoms. The van der Waals surface area contributed by atoms with Crippen molar-refractivity contribution in [2.24, 2.45) is 0 Å². The Morgan fingerprint density at radius 3 is 2.33 bits per heavy atom. The number of aromatic nitrogens is 1. The van der Waals surface area contributed by atoms with E-state index in [4.69, 9.17) is 4.74 Å². The molecule has 6 heteroatoms. The van der Waals surface area contributed by atoms with Crippen LogP contribution in [0.4, 0.5) is 13.2 Å². The zero-order chi connectivity index (χ0) is 22.2. The number of nitrogens with one attached hydrogen (secondary N) is 1. The maximum absolute atomic E-state index is 14.1. The SMILES string of the molecule is CCc1cccc(C(C)(C)CC(O)(Cc2cc3ccccc3[nH]2)C(F)(F)F)c1OC. The number of hydrogen-bond acceptors (Lipinski definition) is 2. The molecule has 1 unspecified atom stereocenters. The molecule has 0 radical (unpaired) electrons. The molecule has 30 heavy (non-hydrogen) atoms. The van der Waals surface area contributed by atoms with Crippen LogP contribution in [0.15, 0.2) is 48.5 Å². The van der Waals surface area contributed by atoms with Crippen molar-refractivity contribution in [3.8, 4) is 5.75 Å². The van der Waals surface area contributed by atoms with Crippen LogP contribution >= 0.6 is 0 Å². The number of aliphatic hydroxyl groups is 1. The van der Waals surface area contributed by atoms with Gasteiger partial charge < -0.3 is 14.8 Å². The van der Waals surface area contributed by atoms with Crippen molar-refractivity contribution in [1.82, 2.24) is 4.98 Å². The molecule has 0 aliphatic carbocycles. The lowest BCUT2D eigenvalue weighted by molar-refractivity contribution is -0.266. The molecule has 3 aromatic rings. The van der Waals surface area contributed by atoms with Gasteiger partial charge in [-0.3, -0.25) is 0 Å². The summed E-state index contributed by atoms with van der Waals surface area (Å²) in [5, 5.41) is 11.7. The highest BCUT2D eigenvalue weighted by Gasteiger charge is 2.56. The van der Waals surface area contributed by atoms with Crippen molar-refractivity contribution in [3.63, 3.8) is 0 Å². The number of methoxy groups -OCH3 is 1. The van der Waals surface area contributed by atoms with Crippen LogP contribution in [0.5, 0.6) is 5.75 Å².